The van der Waals surface area contributed by atoms with Crippen molar-refractivity contribution in [1.82, 2.24) is 4.72 Å². The molecule has 1 saturated carbocycles. The third-order valence-corrected chi connectivity index (χ3v) is 4.87. The number of carboxylic acid groups (broad SMARTS) is 1. The molecule has 2 atom stereocenters. The zero-order valence-corrected chi connectivity index (χ0v) is 11.2. The summed E-state index contributed by atoms with van der Waals surface area (Å²) >= 11 is 0. The number of phenols is 1. The molecule has 0 saturated heterocycles. The number of alkyl halides is 1. The fourth-order valence-corrected chi connectivity index (χ4v) is 3.57. The Morgan fingerprint density at radius 2 is 1.95 bits per heavy atom. The molecular weight excluding hydrogens is 289 g/mol. The van der Waals surface area contributed by atoms with Gasteiger partial charge in [-0.05, 0) is 43.5 Å². The highest BCUT2D eigenvalue weighted by molar-refractivity contribution is 7.89. The van der Waals surface area contributed by atoms with E-state index in [1.54, 1.807) is 0 Å². The molecule has 8 heteroatoms. The highest BCUT2D eigenvalue weighted by Crippen LogP contribution is 2.35. The molecule has 0 aromatic heterocycles. The molecule has 1 fully saturated rings. The second-order valence-electron chi connectivity index (χ2n) is 4.73. The fourth-order valence-electron chi connectivity index (χ4n) is 2.26. The molecule has 1 aromatic rings. The Labute approximate surface area is 115 Å². The molecule has 2 rings (SSSR count). The normalized spacial score (nSPS) is 26.6. The summed E-state index contributed by atoms with van der Waals surface area (Å²) in [4.78, 5) is 10.8. The first-order valence-corrected chi connectivity index (χ1v) is 7.48. The number of benzene rings is 1. The molecule has 0 aliphatic heterocycles. The van der Waals surface area contributed by atoms with Gasteiger partial charge in [0.1, 0.15) is 5.75 Å². The predicted octanol–water partition coefficient (Wildman–Crippen LogP) is 1.02. The van der Waals surface area contributed by atoms with Crippen LogP contribution in [0.1, 0.15) is 19.3 Å². The monoisotopic (exact) mass is 303 g/mol. The molecule has 0 amide bonds. The second-order valence-corrected chi connectivity index (χ2v) is 6.44. The summed E-state index contributed by atoms with van der Waals surface area (Å²) in [5, 5.41) is 18.0. The van der Waals surface area contributed by atoms with Crippen LogP contribution in [0.5, 0.6) is 5.75 Å². The van der Waals surface area contributed by atoms with Crippen molar-refractivity contribution in [1.29, 1.82) is 0 Å². The summed E-state index contributed by atoms with van der Waals surface area (Å²) in [6, 6.07) is 3.39. The van der Waals surface area contributed by atoms with Gasteiger partial charge in [0.25, 0.3) is 0 Å². The van der Waals surface area contributed by atoms with Gasteiger partial charge in [0.05, 0.1) is 10.9 Å². The Bertz CT molecular complexity index is 615. The van der Waals surface area contributed by atoms with Crippen molar-refractivity contribution in [2.24, 2.45) is 0 Å². The van der Waals surface area contributed by atoms with Crippen LogP contribution in [0, 0.1) is 0 Å². The van der Waals surface area contributed by atoms with Crippen LogP contribution >= 0.6 is 0 Å². The van der Waals surface area contributed by atoms with Crippen LogP contribution in [0.4, 0.5) is 4.39 Å². The first-order valence-electron chi connectivity index (χ1n) is 5.99. The van der Waals surface area contributed by atoms with E-state index in [1.807, 2.05) is 0 Å². The lowest BCUT2D eigenvalue weighted by molar-refractivity contribution is -0.151. The van der Waals surface area contributed by atoms with Crippen molar-refractivity contribution < 1.29 is 27.8 Å². The molecule has 0 spiro atoms. The molecule has 0 heterocycles. The number of sulfonamides is 1. The van der Waals surface area contributed by atoms with Crippen LogP contribution in [0.3, 0.4) is 0 Å². The van der Waals surface area contributed by atoms with Gasteiger partial charge in [-0.3, -0.25) is 0 Å². The Morgan fingerprint density at radius 1 is 1.35 bits per heavy atom. The van der Waals surface area contributed by atoms with Crippen LogP contribution in [0.2, 0.25) is 0 Å². The highest BCUT2D eigenvalue weighted by atomic mass is 32.2. The second kappa shape index (κ2) is 5.02. The molecule has 3 N–H and O–H groups in total. The van der Waals surface area contributed by atoms with E-state index in [4.69, 9.17) is 10.2 Å². The summed E-state index contributed by atoms with van der Waals surface area (Å²) < 4.78 is 40.5. The van der Waals surface area contributed by atoms with E-state index in [1.165, 1.54) is 12.1 Å². The van der Waals surface area contributed by atoms with Crippen LogP contribution in [0.25, 0.3) is 0 Å². The van der Waals surface area contributed by atoms with Crippen LogP contribution in [-0.4, -0.2) is 36.3 Å². The van der Waals surface area contributed by atoms with Gasteiger partial charge in [-0.15, -0.1) is 0 Å². The smallest absolute Gasteiger partial charge is 0.343 e. The average Bonchev–Trinajstić information content (AvgIpc) is 2.72. The third kappa shape index (κ3) is 2.61. The van der Waals surface area contributed by atoms with Crippen molar-refractivity contribution in [3.05, 3.63) is 24.3 Å². The SMILES string of the molecule is O=C(O)[C@@]1(F)CCC[C@H]1NS(=O)(=O)c1ccc(O)cc1. The number of rotatable bonds is 4. The number of halogens is 1. The van der Waals surface area contributed by atoms with Gasteiger partial charge in [-0.2, -0.15) is 0 Å². The average molecular weight is 303 g/mol. The van der Waals surface area contributed by atoms with E-state index >= 15 is 0 Å². The highest BCUT2D eigenvalue weighted by Gasteiger charge is 2.51. The molecule has 1 aromatic carbocycles. The lowest BCUT2D eigenvalue weighted by atomic mass is 10.0. The standard InChI is InChI=1S/C12H14FNO5S/c13-12(11(16)17)7-1-2-10(12)14-20(18,19)9-5-3-8(15)4-6-9/h3-6,10,14-15H,1-2,7H2,(H,16,17)/t10-,12-/m1/s1. The van der Waals surface area contributed by atoms with Crippen molar-refractivity contribution in [3.8, 4) is 5.75 Å². The lowest BCUT2D eigenvalue weighted by Gasteiger charge is -2.23. The Hall–Kier alpha value is -1.67. The molecule has 1 aliphatic carbocycles. The van der Waals surface area contributed by atoms with E-state index in [-0.39, 0.29) is 23.5 Å². The Morgan fingerprint density at radius 3 is 2.50 bits per heavy atom. The van der Waals surface area contributed by atoms with Crippen LogP contribution < -0.4 is 4.72 Å². The Balaban J connectivity index is 2.24. The summed E-state index contributed by atoms with van der Waals surface area (Å²) in [6.45, 7) is 0. The third-order valence-electron chi connectivity index (χ3n) is 3.39. The fraction of sp³-hybridized carbons (Fsp3) is 0.417. The minimum Gasteiger partial charge on any atom is -0.508 e. The minimum absolute atomic E-state index is 0.102. The predicted molar refractivity (Wildman–Crippen MR) is 67.5 cm³/mol. The van der Waals surface area contributed by atoms with Crippen molar-refractivity contribution in [3.63, 3.8) is 0 Å². The number of carboxylic acids is 1. The van der Waals surface area contributed by atoms with Gasteiger partial charge in [-0.1, -0.05) is 0 Å². The first-order chi connectivity index (χ1) is 9.25. The number of nitrogens with one attached hydrogen (secondary N) is 1. The van der Waals surface area contributed by atoms with Crippen molar-refractivity contribution in [2.75, 3.05) is 0 Å². The van der Waals surface area contributed by atoms with Gasteiger partial charge >= 0.3 is 5.97 Å². The maximum Gasteiger partial charge on any atom is 0.343 e. The molecular formula is C12H14FNO5S. The summed E-state index contributed by atoms with van der Waals surface area (Å²) in [5.74, 6) is -1.76. The first kappa shape index (κ1) is 14.7. The molecule has 6 nitrogen and oxygen atoms in total. The largest absolute Gasteiger partial charge is 0.508 e. The molecule has 110 valence electrons. The minimum atomic E-state index is -4.03. The van der Waals surface area contributed by atoms with Gasteiger partial charge in [0.15, 0.2) is 0 Å². The van der Waals surface area contributed by atoms with Gasteiger partial charge in [-0.25, -0.2) is 22.3 Å². The molecule has 0 unspecified atom stereocenters. The number of aromatic hydroxyl groups is 1. The number of hydrogen-bond donors (Lipinski definition) is 3. The van der Waals surface area contributed by atoms with E-state index in [2.05, 4.69) is 4.72 Å². The zero-order valence-electron chi connectivity index (χ0n) is 10.4. The van der Waals surface area contributed by atoms with E-state index in [9.17, 15) is 17.6 Å². The van der Waals surface area contributed by atoms with Gasteiger partial charge in [0.2, 0.25) is 15.7 Å². The maximum absolute atomic E-state index is 14.2. The topological polar surface area (TPSA) is 104 Å². The zero-order chi connectivity index (χ0) is 15.0. The van der Waals surface area contributed by atoms with Crippen LogP contribution in [-0.2, 0) is 14.8 Å². The number of phenolic OH excluding ortho intramolecular Hbond substituents is 1. The molecule has 1 aliphatic rings. The quantitative estimate of drug-likeness (QED) is 0.770. The molecule has 0 bridgehead atoms. The molecule has 0 radical (unpaired) electrons. The number of hydrogen-bond acceptors (Lipinski definition) is 4. The lowest BCUT2D eigenvalue weighted by Crippen LogP contribution is -2.50. The Kier molecular flexibility index (Phi) is 3.70. The maximum atomic E-state index is 14.2. The van der Waals surface area contributed by atoms with Gasteiger partial charge < -0.3 is 10.2 Å². The summed E-state index contributed by atoms with van der Waals surface area (Å²) in [7, 11) is -4.03. The van der Waals surface area contributed by atoms with E-state index in [0.717, 1.165) is 12.1 Å². The van der Waals surface area contributed by atoms with Crippen LogP contribution in [0.15, 0.2) is 29.2 Å². The van der Waals surface area contributed by atoms with Gasteiger partial charge in [0, 0.05) is 0 Å². The van der Waals surface area contributed by atoms with Crippen molar-refractivity contribution in [2.45, 2.75) is 35.9 Å². The number of aliphatic carboxylic acids is 1. The molecule has 20 heavy (non-hydrogen) atoms. The van der Waals surface area contributed by atoms with E-state index < -0.39 is 27.7 Å². The summed E-state index contributed by atoms with van der Waals surface area (Å²) in [6.07, 6.45) is 0.205. The summed E-state index contributed by atoms with van der Waals surface area (Å²) in [5.41, 5.74) is -2.58. The van der Waals surface area contributed by atoms with E-state index in [0.29, 0.717) is 6.42 Å². The number of carbonyl (C=O) groups is 1. The van der Waals surface area contributed by atoms with Crippen molar-refractivity contribution >= 4 is 16.0 Å².